The molecule has 0 aliphatic rings. The highest BCUT2D eigenvalue weighted by molar-refractivity contribution is 7.89. The Kier molecular flexibility index (Phi) is 4.32. The summed E-state index contributed by atoms with van der Waals surface area (Å²) in [5, 5.41) is 4.47. The number of hydrogen-bond acceptors (Lipinski definition) is 4. The molecule has 1 heterocycles. The minimum absolute atomic E-state index is 0.00885. The van der Waals surface area contributed by atoms with Gasteiger partial charge in [0.1, 0.15) is 4.90 Å². The van der Waals surface area contributed by atoms with Gasteiger partial charge in [0.15, 0.2) is 5.82 Å². The van der Waals surface area contributed by atoms with Crippen LogP contribution in [-0.4, -0.2) is 18.2 Å². The molecule has 0 radical (unpaired) electrons. The third-order valence-electron chi connectivity index (χ3n) is 2.72. The number of nitrogens with one attached hydrogen (secondary N) is 1. The first-order valence-electron chi connectivity index (χ1n) is 5.99. The molecule has 3 N–H and O–H groups in total. The maximum absolute atomic E-state index is 12.2. The maximum Gasteiger partial charge on any atom is 0.246 e. The quantitative estimate of drug-likeness (QED) is 0.877. The third-order valence-corrected chi connectivity index (χ3v) is 4.38. The van der Waals surface area contributed by atoms with Crippen LogP contribution in [0.15, 0.2) is 35.4 Å². The second-order valence-electron chi connectivity index (χ2n) is 4.19. The number of anilines is 1. The molecule has 0 aliphatic carbocycles. The second kappa shape index (κ2) is 5.82. The predicted molar refractivity (Wildman–Crippen MR) is 77.8 cm³/mol. The second-order valence-corrected chi connectivity index (χ2v) is 6.36. The largest absolute Gasteiger partial charge is 0.381 e. The van der Waals surface area contributed by atoms with Crippen LogP contribution in [0.1, 0.15) is 12.5 Å². The molecule has 0 unspecified atom stereocenters. The number of nitrogens with two attached hydrogens (primary N) is 1. The molecule has 0 aliphatic heterocycles. The van der Waals surface area contributed by atoms with Crippen LogP contribution in [0, 0.1) is 0 Å². The number of rotatable bonds is 5. The van der Waals surface area contributed by atoms with Crippen molar-refractivity contribution in [3.63, 3.8) is 0 Å². The third kappa shape index (κ3) is 3.30. The van der Waals surface area contributed by atoms with Crippen molar-refractivity contribution in [1.29, 1.82) is 0 Å². The zero-order valence-corrected chi connectivity index (χ0v) is 12.4. The van der Waals surface area contributed by atoms with Gasteiger partial charge in [0.05, 0.1) is 0 Å². The topological polar surface area (TPSA) is 90.0 Å². The molecule has 1 aromatic heterocycles. The van der Waals surface area contributed by atoms with Gasteiger partial charge in [-0.25, -0.2) is 13.1 Å². The van der Waals surface area contributed by atoms with Gasteiger partial charge in [-0.2, -0.15) is 5.10 Å². The Morgan fingerprint density at radius 3 is 2.80 bits per heavy atom. The predicted octanol–water partition coefficient (Wildman–Crippen LogP) is 1.62. The van der Waals surface area contributed by atoms with Crippen molar-refractivity contribution >= 4 is 27.4 Å². The Hall–Kier alpha value is -1.57. The number of nitrogen functional groups attached to an aromatic ring is 1. The van der Waals surface area contributed by atoms with E-state index >= 15 is 0 Å². The van der Waals surface area contributed by atoms with E-state index in [0.29, 0.717) is 11.6 Å². The van der Waals surface area contributed by atoms with Crippen molar-refractivity contribution in [3.05, 3.63) is 41.0 Å². The fourth-order valence-corrected chi connectivity index (χ4v) is 2.99. The lowest BCUT2D eigenvalue weighted by Crippen LogP contribution is -2.23. The van der Waals surface area contributed by atoms with E-state index in [0.717, 1.165) is 5.56 Å². The molecule has 2 rings (SSSR count). The Morgan fingerprint density at radius 2 is 2.20 bits per heavy atom. The van der Waals surface area contributed by atoms with Gasteiger partial charge in [-0.1, -0.05) is 23.7 Å². The summed E-state index contributed by atoms with van der Waals surface area (Å²) in [5.74, 6) is -0.00885. The van der Waals surface area contributed by atoms with E-state index < -0.39 is 10.0 Å². The van der Waals surface area contributed by atoms with E-state index in [1.165, 1.54) is 10.9 Å². The van der Waals surface area contributed by atoms with E-state index in [1.807, 2.05) is 6.92 Å². The Bertz CT molecular complexity index is 712. The SMILES string of the molecule is CCn1cc(S(=O)(=O)NCc2cccc(Cl)c2)c(N)n1. The summed E-state index contributed by atoms with van der Waals surface area (Å²) in [6.45, 7) is 2.54. The molecule has 1 aromatic carbocycles. The monoisotopic (exact) mass is 314 g/mol. The molecule has 8 heteroatoms. The minimum atomic E-state index is -3.69. The van der Waals surface area contributed by atoms with Crippen LogP contribution in [0.3, 0.4) is 0 Å². The number of aromatic nitrogens is 2. The van der Waals surface area contributed by atoms with Crippen LogP contribution in [-0.2, 0) is 23.1 Å². The summed E-state index contributed by atoms with van der Waals surface area (Å²) in [5.41, 5.74) is 6.39. The lowest BCUT2D eigenvalue weighted by atomic mass is 10.2. The van der Waals surface area contributed by atoms with E-state index in [1.54, 1.807) is 24.3 Å². The van der Waals surface area contributed by atoms with Crippen molar-refractivity contribution < 1.29 is 8.42 Å². The molecular formula is C12H15ClN4O2S. The van der Waals surface area contributed by atoms with E-state index in [-0.39, 0.29) is 17.3 Å². The normalized spacial score (nSPS) is 11.7. The number of benzene rings is 1. The zero-order chi connectivity index (χ0) is 14.8. The van der Waals surface area contributed by atoms with Crippen LogP contribution in [0.4, 0.5) is 5.82 Å². The fourth-order valence-electron chi connectivity index (χ4n) is 1.69. The van der Waals surface area contributed by atoms with Crippen LogP contribution in [0.25, 0.3) is 0 Å². The molecule has 0 amide bonds. The summed E-state index contributed by atoms with van der Waals surface area (Å²) in [6.07, 6.45) is 1.41. The van der Waals surface area contributed by atoms with Gasteiger partial charge < -0.3 is 5.73 Å². The lowest BCUT2D eigenvalue weighted by Gasteiger charge is -2.05. The standard InChI is InChI=1S/C12H15ClN4O2S/c1-2-17-8-11(12(14)16-17)20(18,19)15-7-9-4-3-5-10(13)6-9/h3-6,8,15H,2,7H2,1H3,(H2,14,16). The molecule has 0 saturated carbocycles. The van der Waals surface area contributed by atoms with E-state index in [2.05, 4.69) is 9.82 Å². The van der Waals surface area contributed by atoms with Crippen molar-refractivity contribution in [2.75, 3.05) is 5.73 Å². The minimum Gasteiger partial charge on any atom is -0.381 e. The fraction of sp³-hybridized carbons (Fsp3) is 0.250. The van der Waals surface area contributed by atoms with Gasteiger partial charge in [0, 0.05) is 24.3 Å². The molecule has 0 bridgehead atoms. The number of nitrogens with zero attached hydrogens (tertiary/aromatic N) is 2. The summed E-state index contributed by atoms with van der Waals surface area (Å²) >= 11 is 5.85. The smallest absolute Gasteiger partial charge is 0.246 e. The Morgan fingerprint density at radius 1 is 1.45 bits per heavy atom. The number of hydrogen-bond donors (Lipinski definition) is 2. The number of aryl methyl sites for hydroxylation is 1. The van der Waals surface area contributed by atoms with Gasteiger partial charge >= 0.3 is 0 Å². The van der Waals surface area contributed by atoms with E-state index in [4.69, 9.17) is 17.3 Å². The molecule has 0 fully saturated rings. The first-order chi connectivity index (χ1) is 9.42. The van der Waals surface area contributed by atoms with Crippen LogP contribution >= 0.6 is 11.6 Å². The lowest BCUT2D eigenvalue weighted by molar-refractivity contribution is 0.581. The molecule has 6 nitrogen and oxygen atoms in total. The highest BCUT2D eigenvalue weighted by atomic mass is 35.5. The summed E-state index contributed by atoms with van der Waals surface area (Å²) in [6, 6.07) is 6.97. The van der Waals surface area contributed by atoms with Gasteiger partial charge in [0.2, 0.25) is 10.0 Å². The molecule has 20 heavy (non-hydrogen) atoms. The summed E-state index contributed by atoms with van der Waals surface area (Å²) < 4.78 is 28.3. The zero-order valence-electron chi connectivity index (χ0n) is 10.9. The number of halogens is 1. The van der Waals surface area contributed by atoms with Gasteiger partial charge in [0.25, 0.3) is 0 Å². The molecule has 0 spiro atoms. The highest BCUT2D eigenvalue weighted by Crippen LogP contribution is 2.17. The summed E-state index contributed by atoms with van der Waals surface area (Å²) in [4.78, 5) is -0.0126. The Labute approximate surface area is 122 Å². The average molecular weight is 315 g/mol. The van der Waals surface area contributed by atoms with Gasteiger partial charge in [-0.05, 0) is 24.6 Å². The molecule has 2 aromatic rings. The van der Waals surface area contributed by atoms with Crippen LogP contribution in [0.2, 0.25) is 5.02 Å². The van der Waals surface area contributed by atoms with Gasteiger partial charge in [-0.15, -0.1) is 0 Å². The highest BCUT2D eigenvalue weighted by Gasteiger charge is 2.20. The van der Waals surface area contributed by atoms with Crippen molar-refractivity contribution in [2.24, 2.45) is 0 Å². The van der Waals surface area contributed by atoms with Crippen molar-refractivity contribution in [3.8, 4) is 0 Å². The van der Waals surface area contributed by atoms with Crippen LogP contribution in [0.5, 0.6) is 0 Å². The Balaban J connectivity index is 2.17. The molecule has 0 saturated heterocycles. The maximum atomic E-state index is 12.2. The van der Waals surface area contributed by atoms with Crippen molar-refractivity contribution in [2.45, 2.75) is 24.9 Å². The van der Waals surface area contributed by atoms with Gasteiger partial charge in [-0.3, -0.25) is 4.68 Å². The molecule has 108 valence electrons. The van der Waals surface area contributed by atoms with E-state index in [9.17, 15) is 8.42 Å². The van der Waals surface area contributed by atoms with Crippen LogP contribution < -0.4 is 10.5 Å². The molecule has 0 atom stereocenters. The summed E-state index contributed by atoms with van der Waals surface area (Å²) in [7, 11) is -3.69. The molecular weight excluding hydrogens is 300 g/mol. The first-order valence-corrected chi connectivity index (χ1v) is 7.85. The average Bonchev–Trinajstić information content (AvgIpc) is 2.79. The number of sulfonamides is 1. The first kappa shape index (κ1) is 14.8. The van der Waals surface area contributed by atoms with Crippen molar-refractivity contribution in [1.82, 2.24) is 14.5 Å².